The smallest absolute Gasteiger partial charge is 0.319 e. The van der Waals surface area contributed by atoms with E-state index in [1.165, 1.54) is 0 Å². The molecule has 0 aliphatic heterocycles. The van der Waals surface area contributed by atoms with E-state index in [4.69, 9.17) is 0 Å². The summed E-state index contributed by atoms with van der Waals surface area (Å²) in [7, 11) is 0. The highest BCUT2D eigenvalue weighted by Gasteiger charge is 2.14. The number of hydrogen-bond acceptors (Lipinski definition) is 2. The second kappa shape index (κ2) is 8.29. The zero-order valence-corrected chi connectivity index (χ0v) is 13.2. The third-order valence-electron chi connectivity index (χ3n) is 3.40. The molecule has 3 amide bonds. The summed E-state index contributed by atoms with van der Waals surface area (Å²) in [6, 6.07) is 6.89. The maximum absolute atomic E-state index is 12.2. The molecule has 0 aromatic heterocycles. The number of carbonyl (C=O) groups excluding carboxylic acids is 2. The van der Waals surface area contributed by atoms with Gasteiger partial charge in [0.1, 0.15) is 0 Å². The van der Waals surface area contributed by atoms with E-state index in [9.17, 15) is 9.59 Å². The van der Waals surface area contributed by atoms with Crippen molar-refractivity contribution in [2.75, 3.05) is 5.32 Å². The number of amides is 3. The molecule has 0 spiro atoms. The van der Waals surface area contributed by atoms with E-state index in [2.05, 4.69) is 16.0 Å². The molecule has 0 fully saturated rings. The van der Waals surface area contributed by atoms with Crippen LogP contribution in [0.3, 0.4) is 0 Å². The number of rotatable bonds is 6. The first-order valence-corrected chi connectivity index (χ1v) is 7.45. The highest BCUT2D eigenvalue weighted by atomic mass is 16.2. The number of para-hydroxylation sites is 1. The first kappa shape index (κ1) is 17.0. The molecule has 0 aliphatic rings. The number of benzene rings is 1. The summed E-state index contributed by atoms with van der Waals surface area (Å²) in [6.07, 6.45) is 1.71. The van der Waals surface area contributed by atoms with Crippen LogP contribution < -0.4 is 16.0 Å². The Morgan fingerprint density at radius 3 is 2.19 bits per heavy atom. The molecule has 0 radical (unpaired) electrons. The minimum absolute atomic E-state index is 0.0890. The zero-order chi connectivity index (χ0) is 15.8. The molecule has 0 bridgehead atoms. The van der Waals surface area contributed by atoms with Gasteiger partial charge in [-0.05, 0) is 38.8 Å². The Balaban J connectivity index is 2.79. The predicted octanol–water partition coefficient (Wildman–Crippen LogP) is 3.13. The van der Waals surface area contributed by atoms with Gasteiger partial charge in [0.25, 0.3) is 5.91 Å². The zero-order valence-electron chi connectivity index (χ0n) is 13.2. The summed E-state index contributed by atoms with van der Waals surface area (Å²) in [5, 5.41) is 8.45. The van der Waals surface area contributed by atoms with Crippen LogP contribution in [0.4, 0.5) is 10.5 Å². The van der Waals surface area contributed by atoms with E-state index in [-0.39, 0.29) is 24.0 Å². The Labute approximate surface area is 126 Å². The molecule has 5 nitrogen and oxygen atoms in total. The molecule has 0 saturated heterocycles. The number of hydrogen-bond donors (Lipinski definition) is 3. The van der Waals surface area contributed by atoms with Gasteiger partial charge in [-0.3, -0.25) is 4.79 Å². The molecule has 116 valence electrons. The van der Waals surface area contributed by atoms with Crippen molar-refractivity contribution >= 4 is 17.6 Å². The fourth-order valence-electron chi connectivity index (χ4n) is 1.68. The largest absolute Gasteiger partial charge is 0.350 e. The van der Waals surface area contributed by atoms with Crippen LogP contribution in [0.2, 0.25) is 0 Å². The monoisotopic (exact) mass is 291 g/mol. The molecule has 2 atom stereocenters. The van der Waals surface area contributed by atoms with Crippen LogP contribution in [0.1, 0.15) is 50.9 Å². The average Bonchev–Trinajstić information content (AvgIpc) is 2.47. The van der Waals surface area contributed by atoms with Gasteiger partial charge >= 0.3 is 6.03 Å². The van der Waals surface area contributed by atoms with Crippen LogP contribution in [0.5, 0.6) is 0 Å². The van der Waals surface area contributed by atoms with Crippen LogP contribution in [-0.2, 0) is 0 Å². The van der Waals surface area contributed by atoms with Crippen molar-refractivity contribution in [1.82, 2.24) is 10.6 Å². The lowest BCUT2D eigenvalue weighted by Gasteiger charge is -2.16. The van der Waals surface area contributed by atoms with E-state index in [0.29, 0.717) is 11.3 Å². The molecule has 0 saturated carbocycles. The molecule has 1 rings (SSSR count). The quantitative estimate of drug-likeness (QED) is 0.753. The lowest BCUT2D eigenvalue weighted by molar-refractivity contribution is 0.0940. The number of urea groups is 1. The molecule has 3 N–H and O–H groups in total. The van der Waals surface area contributed by atoms with Gasteiger partial charge in [-0.2, -0.15) is 0 Å². The van der Waals surface area contributed by atoms with E-state index in [0.717, 1.165) is 12.8 Å². The lowest BCUT2D eigenvalue weighted by Crippen LogP contribution is -2.37. The van der Waals surface area contributed by atoms with Gasteiger partial charge in [-0.15, -0.1) is 0 Å². The second-order valence-corrected chi connectivity index (χ2v) is 5.24. The van der Waals surface area contributed by atoms with Gasteiger partial charge in [-0.1, -0.05) is 26.0 Å². The van der Waals surface area contributed by atoms with Crippen molar-refractivity contribution in [3.8, 4) is 0 Å². The van der Waals surface area contributed by atoms with E-state index >= 15 is 0 Å². The van der Waals surface area contributed by atoms with Gasteiger partial charge < -0.3 is 16.0 Å². The summed E-state index contributed by atoms with van der Waals surface area (Å²) in [5.74, 6) is -0.177. The van der Waals surface area contributed by atoms with Gasteiger partial charge in [0.05, 0.1) is 11.3 Å². The van der Waals surface area contributed by atoms with Crippen LogP contribution in [0, 0.1) is 0 Å². The molecule has 0 aliphatic carbocycles. The van der Waals surface area contributed by atoms with Crippen LogP contribution in [0.25, 0.3) is 0 Å². The predicted molar refractivity (Wildman–Crippen MR) is 85.6 cm³/mol. The van der Waals surface area contributed by atoms with Gasteiger partial charge in [0.2, 0.25) is 0 Å². The van der Waals surface area contributed by atoms with E-state index < -0.39 is 0 Å². The molecular formula is C16H25N3O2. The van der Waals surface area contributed by atoms with Crippen molar-refractivity contribution < 1.29 is 9.59 Å². The molecule has 1 aromatic carbocycles. The SMILES string of the molecule is CC[C@@H](C)NC(=O)c1ccccc1NC(=O)N[C@@H](C)CC. The molecular weight excluding hydrogens is 266 g/mol. The summed E-state index contributed by atoms with van der Waals surface area (Å²) in [5.41, 5.74) is 0.983. The van der Waals surface area contributed by atoms with Crippen LogP contribution >= 0.6 is 0 Å². The number of nitrogens with one attached hydrogen (secondary N) is 3. The molecule has 0 heterocycles. The summed E-state index contributed by atoms with van der Waals surface area (Å²) in [4.78, 5) is 24.1. The van der Waals surface area contributed by atoms with E-state index in [1.54, 1.807) is 24.3 Å². The van der Waals surface area contributed by atoms with Gasteiger partial charge in [0.15, 0.2) is 0 Å². The van der Waals surface area contributed by atoms with Crippen molar-refractivity contribution in [2.45, 2.75) is 52.6 Å². The maximum atomic E-state index is 12.2. The molecule has 5 heteroatoms. The standard InChI is InChI=1S/C16H25N3O2/c1-5-11(3)17-15(20)13-9-7-8-10-14(13)19-16(21)18-12(4)6-2/h7-12H,5-6H2,1-4H3,(H,17,20)(H2,18,19,21)/t11-,12+/m1/s1. The lowest BCUT2D eigenvalue weighted by atomic mass is 10.1. The van der Waals surface area contributed by atoms with E-state index in [1.807, 2.05) is 27.7 Å². The third kappa shape index (κ3) is 5.45. The minimum Gasteiger partial charge on any atom is -0.350 e. The second-order valence-electron chi connectivity index (χ2n) is 5.24. The number of anilines is 1. The first-order valence-electron chi connectivity index (χ1n) is 7.45. The summed E-state index contributed by atoms with van der Waals surface area (Å²) >= 11 is 0. The highest BCUT2D eigenvalue weighted by Crippen LogP contribution is 2.15. The Bertz CT molecular complexity index is 488. The van der Waals surface area contributed by atoms with Crippen molar-refractivity contribution in [1.29, 1.82) is 0 Å². The fraction of sp³-hybridized carbons (Fsp3) is 0.500. The van der Waals surface area contributed by atoms with Crippen LogP contribution in [0.15, 0.2) is 24.3 Å². The Kier molecular flexibility index (Phi) is 6.72. The minimum atomic E-state index is -0.298. The maximum Gasteiger partial charge on any atom is 0.319 e. The molecule has 0 unspecified atom stereocenters. The summed E-state index contributed by atoms with van der Waals surface area (Å²) < 4.78 is 0. The highest BCUT2D eigenvalue weighted by molar-refractivity contribution is 6.03. The Morgan fingerprint density at radius 2 is 1.57 bits per heavy atom. The Hall–Kier alpha value is -2.04. The Morgan fingerprint density at radius 1 is 1.00 bits per heavy atom. The van der Waals surface area contributed by atoms with Gasteiger partial charge in [0, 0.05) is 12.1 Å². The van der Waals surface area contributed by atoms with Gasteiger partial charge in [-0.25, -0.2) is 4.79 Å². The van der Waals surface area contributed by atoms with Crippen LogP contribution in [-0.4, -0.2) is 24.0 Å². The average molecular weight is 291 g/mol. The topological polar surface area (TPSA) is 70.2 Å². The first-order chi connectivity index (χ1) is 9.97. The molecule has 1 aromatic rings. The van der Waals surface area contributed by atoms with Crippen molar-refractivity contribution in [3.05, 3.63) is 29.8 Å². The molecule has 21 heavy (non-hydrogen) atoms. The summed E-state index contributed by atoms with van der Waals surface area (Å²) in [6.45, 7) is 7.89. The fourth-order valence-corrected chi connectivity index (χ4v) is 1.68. The number of carbonyl (C=O) groups is 2. The third-order valence-corrected chi connectivity index (χ3v) is 3.40. The normalized spacial score (nSPS) is 13.1. The van der Waals surface area contributed by atoms with Crippen molar-refractivity contribution in [2.24, 2.45) is 0 Å². The van der Waals surface area contributed by atoms with Crippen molar-refractivity contribution in [3.63, 3.8) is 0 Å².